The molecule has 0 unspecified atom stereocenters. The summed E-state index contributed by atoms with van der Waals surface area (Å²) in [5.74, 6) is -0.302. The van der Waals surface area contributed by atoms with Gasteiger partial charge in [-0.05, 0) is 56.2 Å². The molecule has 0 radical (unpaired) electrons. The maximum atomic E-state index is 11.5. The maximum Gasteiger partial charge on any atom is 0.205 e. The fourth-order valence-corrected chi connectivity index (χ4v) is 2.02. The number of hydrogen-bond acceptors (Lipinski definition) is 3. The Kier molecular flexibility index (Phi) is 22.2. The number of aryl methyl sites for hydroxylation is 1. The Hall–Kier alpha value is -2.65. The molecule has 0 heterocycles. The number of nitrogens with one attached hydrogen (secondary N) is 2. The number of carbonyl (C=O) groups is 1. The highest BCUT2D eigenvalue weighted by molar-refractivity contribution is 6.48. The van der Waals surface area contributed by atoms with E-state index in [2.05, 4.69) is 33.0 Å². The Morgan fingerprint density at radius 2 is 1.48 bits per heavy atom. The van der Waals surface area contributed by atoms with Crippen LogP contribution in [0.25, 0.3) is 0 Å². The van der Waals surface area contributed by atoms with E-state index in [1.54, 1.807) is 19.2 Å². The molecule has 4 heteroatoms. The molecule has 182 valence electrons. The second-order valence-corrected chi connectivity index (χ2v) is 7.79. The van der Waals surface area contributed by atoms with Crippen LogP contribution >= 0.6 is 11.6 Å². The van der Waals surface area contributed by atoms with Gasteiger partial charge in [-0.1, -0.05) is 101 Å². The van der Waals surface area contributed by atoms with Gasteiger partial charge >= 0.3 is 0 Å². The van der Waals surface area contributed by atoms with Gasteiger partial charge in [0, 0.05) is 23.0 Å². The molecule has 33 heavy (non-hydrogen) atoms. The van der Waals surface area contributed by atoms with Crippen molar-refractivity contribution >= 4 is 28.8 Å². The predicted octanol–water partition coefficient (Wildman–Crippen LogP) is 9.43. The lowest BCUT2D eigenvalue weighted by molar-refractivity contribution is -0.108. The molecule has 0 spiro atoms. The van der Waals surface area contributed by atoms with E-state index in [1.807, 2.05) is 68.4 Å². The average molecular weight is 471 g/mol. The van der Waals surface area contributed by atoms with Gasteiger partial charge in [0.25, 0.3) is 0 Å². The van der Waals surface area contributed by atoms with Gasteiger partial charge in [0.05, 0.1) is 0 Å². The van der Waals surface area contributed by atoms with Crippen LogP contribution in [0.5, 0.6) is 0 Å². The molecular formula is C29H43ClN2O. The van der Waals surface area contributed by atoms with Gasteiger partial charge < -0.3 is 5.32 Å². The molecule has 3 nitrogen and oxygen atoms in total. The Labute approximate surface area is 207 Å². The lowest BCUT2D eigenvalue weighted by Crippen LogP contribution is -2.11. The summed E-state index contributed by atoms with van der Waals surface area (Å²) in [5, 5.41) is 11.4. The van der Waals surface area contributed by atoms with Crippen LogP contribution in [0.3, 0.4) is 0 Å². The van der Waals surface area contributed by atoms with Gasteiger partial charge in [-0.3, -0.25) is 10.2 Å². The molecular weight excluding hydrogens is 428 g/mol. The number of allylic oxidation sites excluding steroid dienone is 3. The van der Waals surface area contributed by atoms with E-state index in [-0.39, 0.29) is 11.5 Å². The summed E-state index contributed by atoms with van der Waals surface area (Å²) in [6.45, 7) is 14.3. The number of carbonyl (C=O) groups excluding carboxylic acids is 1. The zero-order chi connectivity index (χ0) is 25.5. The van der Waals surface area contributed by atoms with Crippen molar-refractivity contribution in [2.24, 2.45) is 0 Å². The third-order valence-electron chi connectivity index (χ3n) is 4.31. The summed E-state index contributed by atoms with van der Waals surface area (Å²) in [6, 6.07) is 17.3. The summed E-state index contributed by atoms with van der Waals surface area (Å²) in [7, 11) is 0. The van der Waals surface area contributed by atoms with E-state index in [4.69, 9.17) is 17.0 Å². The molecule has 0 aliphatic heterocycles. The highest BCUT2D eigenvalue weighted by atomic mass is 35.5. The fourth-order valence-electron chi connectivity index (χ4n) is 1.78. The van der Waals surface area contributed by atoms with Crippen LogP contribution in [0, 0.1) is 12.3 Å². The smallest absolute Gasteiger partial charge is 0.205 e. The SMILES string of the molecule is C/C=C(\C)C(=N)C(=O)/C=C\Nc1ccccc1.CCCC.CCCC.Cc1cccc(Cl)c1. The second-order valence-electron chi connectivity index (χ2n) is 7.35. The molecule has 0 saturated heterocycles. The summed E-state index contributed by atoms with van der Waals surface area (Å²) in [6.07, 6.45) is 9.94. The molecule has 0 aliphatic carbocycles. The molecule has 0 fully saturated rings. The minimum absolute atomic E-state index is 0.0265. The Balaban J connectivity index is 0. The standard InChI is InChI=1S/C14H16N2O.C7H7Cl.2C4H10/c1-3-11(2)14(15)13(17)9-10-16-12-7-5-4-6-8-12;1-6-3-2-4-7(8)5-6;2*1-3-4-2/h3-10,15-16H,1-2H3;2-5H,1H3;2*3-4H2,1-2H3/b10-9-,11-3+,15-14?;;;. The average Bonchev–Trinajstić information content (AvgIpc) is 2.84. The minimum Gasteiger partial charge on any atom is -0.362 e. The molecule has 2 aromatic rings. The number of ketones is 1. The summed E-state index contributed by atoms with van der Waals surface area (Å²) >= 11 is 5.64. The molecule has 0 aromatic heterocycles. The zero-order valence-electron chi connectivity index (χ0n) is 21.5. The monoisotopic (exact) mass is 470 g/mol. The van der Waals surface area contributed by atoms with E-state index in [0.29, 0.717) is 5.57 Å². The minimum atomic E-state index is -0.302. The number of para-hydroxylation sites is 1. The summed E-state index contributed by atoms with van der Waals surface area (Å²) < 4.78 is 0. The van der Waals surface area contributed by atoms with Gasteiger partial charge in [0.2, 0.25) is 5.78 Å². The van der Waals surface area contributed by atoms with Gasteiger partial charge in [-0.2, -0.15) is 0 Å². The van der Waals surface area contributed by atoms with E-state index in [9.17, 15) is 4.79 Å². The van der Waals surface area contributed by atoms with Crippen LogP contribution in [0.4, 0.5) is 5.69 Å². The van der Waals surface area contributed by atoms with Crippen LogP contribution in [0.2, 0.25) is 5.02 Å². The Morgan fingerprint density at radius 3 is 1.88 bits per heavy atom. The van der Waals surface area contributed by atoms with Crippen molar-refractivity contribution in [2.45, 2.75) is 74.1 Å². The third-order valence-corrected chi connectivity index (χ3v) is 4.55. The van der Waals surface area contributed by atoms with E-state index >= 15 is 0 Å². The quantitative estimate of drug-likeness (QED) is 0.312. The van der Waals surface area contributed by atoms with Gasteiger partial charge in [0.1, 0.15) is 5.71 Å². The highest BCUT2D eigenvalue weighted by Crippen LogP contribution is 2.08. The van der Waals surface area contributed by atoms with Crippen LogP contribution < -0.4 is 5.32 Å². The maximum absolute atomic E-state index is 11.5. The van der Waals surface area contributed by atoms with Crippen LogP contribution in [0.15, 0.2) is 78.5 Å². The Bertz CT molecular complexity index is 801. The molecule has 0 aliphatic rings. The van der Waals surface area contributed by atoms with Crippen molar-refractivity contribution in [1.82, 2.24) is 0 Å². The molecule has 0 bridgehead atoms. The second kappa shape index (κ2) is 22.5. The first kappa shape index (κ1) is 32.5. The Morgan fingerprint density at radius 1 is 0.939 bits per heavy atom. The largest absolute Gasteiger partial charge is 0.362 e. The number of hydrogen-bond donors (Lipinski definition) is 2. The first-order chi connectivity index (χ1) is 15.8. The molecule has 2 aromatic carbocycles. The number of anilines is 1. The van der Waals surface area contributed by atoms with Crippen molar-refractivity contribution in [2.75, 3.05) is 5.32 Å². The topological polar surface area (TPSA) is 53.0 Å². The van der Waals surface area contributed by atoms with E-state index in [1.165, 1.54) is 37.3 Å². The zero-order valence-corrected chi connectivity index (χ0v) is 22.3. The highest BCUT2D eigenvalue weighted by Gasteiger charge is 2.06. The summed E-state index contributed by atoms with van der Waals surface area (Å²) in [4.78, 5) is 11.5. The van der Waals surface area contributed by atoms with Crippen LogP contribution in [-0.4, -0.2) is 11.5 Å². The van der Waals surface area contributed by atoms with Crippen molar-refractivity contribution in [3.63, 3.8) is 0 Å². The summed E-state index contributed by atoms with van der Waals surface area (Å²) in [5.41, 5.74) is 2.82. The van der Waals surface area contributed by atoms with E-state index < -0.39 is 0 Å². The van der Waals surface area contributed by atoms with Crippen LogP contribution in [-0.2, 0) is 4.79 Å². The van der Waals surface area contributed by atoms with Crippen molar-refractivity contribution in [1.29, 1.82) is 5.41 Å². The molecule has 0 saturated carbocycles. The molecule has 2 N–H and O–H groups in total. The lowest BCUT2D eigenvalue weighted by atomic mass is 10.1. The van der Waals surface area contributed by atoms with Gasteiger partial charge in [0.15, 0.2) is 0 Å². The first-order valence-corrected chi connectivity index (χ1v) is 12.1. The number of rotatable bonds is 7. The first-order valence-electron chi connectivity index (χ1n) is 11.7. The van der Waals surface area contributed by atoms with Crippen LogP contribution in [0.1, 0.15) is 72.8 Å². The van der Waals surface area contributed by atoms with E-state index in [0.717, 1.165) is 10.7 Å². The molecule has 2 rings (SSSR count). The number of unbranched alkanes of at least 4 members (excludes halogenated alkanes) is 2. The fraction of sp³-hybridized carbons (Fsp3) is 0.379. The van der Waals surface area contributed by atoms with Gasteiger partial charge in [-0.25, -0.2) is 0 Å². The van der Waals surface area contributed by atoms with Gasteiger partial charge in [-0.15, -0.1) is 0 Å². The van der Waals surface area contributed by atoms with Crippen molar-refractivity contribution in [3.8, 4) is 0 Å². The van der Waals surface area contributed by atoms with Crippen molar-refractivity contribution < 1.29 is 4.79 Å². The molecule has 0 amide bonds. The third kappa shape index (κ3) is 19.7. The predicted molar refractivity (Wildman–Crippen MR) is 149 cm³/mol. The number of benzene rings is 2. The molecule has 0 atom stereocenters. The lowest BCUT2D eigenvalue weighted by Gasteiger charge is -2.00. The van der Waals surface area contributed by atoms with Crippen molar-refractivity contribution in [3.05, 3.63) is 89.1 Å². The number of halogens is 1. The normalized spacial score (nSPS) is 10.0.